The second-order valence-electron chi connectivity index (χ2n) is 3.86. The number of nitrogens with zero attached hydrogens (tertiary/aromatic N) is 2. The number of rotatable bonds is 2. The van der Waals surface area contributed by atoms with Gasteiger partial charge in [-0.05, 0) is 33.9 Å². The highest BCUT2D eigenvalue weighted by molar-refractivity contribution is 4.76. The molecule has 1 rings (SSSR count). The van der Waals surface area contributed by atoms with Crippen LogP contribution in [0.5, 0.6) is 0 Å². The van der Waals surface area contributed by atoms with Crippen molar-refractivity contribution >= 4 is 0 Å². The van der Waals surface area contributed by atoms with E-state index in [9.17, 15) is 5.11 Å². The molecule has 1 fully saturated rings. The summed E-state index contributed by atoms with van der Waals surface area (Å²) in [5.74, 6) is 0. The molecule has 0 bridgehead atoms. The Kier molecular flexibility index (Phi) is 3.50. The number of likely N-dealkylation sites (tertiary alicyclic amines) is 1. The van der Waals surface area contributed by atoms with Crippen LogP contribution in [0.15, 0.2) is 0 Å². The predicted octanol–water partition coefficient (Wildman–Crippen LogP) is 0.351. The van der Waals surface area contributed by atoms with Gasteiger partial charge in [0, 0.05) is 19.1 Å². The number of hydrogen-bond donors (Lipinski definition) is 1. The van der Waals surface area contributed by atoms with Crippen LogP contribution in [0.2, 0.25) is 0 Å². The van der Waals surface area contributed by atoms with Gasteiger partial charge in [-0.2, -0.15) is 0 Å². The predicted molar refractivity (Wildman–Crippen MR) is 50.0 cm³/mol. The molecule has 0 radical (unpaired) electrons. The van der Waals surface area contributed by atoms with Crippen molar-refractivity contribution in [1.29, 1.82) is 0 Å². The van der Waals surface area contributed by atoms with E-state index < -0.39 is 0 Å². The largest absolute Gasteiger partial charge is 0.379 e. The average molecular weight is 172 g/mol. The van der Waals surface area contributed by atoms with Crippen molar-refractivity contribution in [2.24, 2.45) is 0 Å². The van der Waals surface area contributed by atoms with E-state index in [1.54, 1.807) is 0 Å². The third-order valence-corrected chi connectivity index (χ3v) is 2.76. The summed E-state index contributed by atoms with van der Waals surface area (Å²) in [6, 6.07) is 0.708. The van der Waals surface area contributed by atoms with Gasteiger partial charge in [-0.3, -0.25) is 4.90 Å². The van der Waals surface area contributed by atoms with Crippen molar-refractivity contribution in [2.45, 2.75) is 32.0 Å². The molecule has 0 aromatic rings. The van der Waals surface area contributed by atoms with E-state index in [4.69, 9.17) is 0 Å². The van der Waals surface area contributed by atoms with Gasteiger partial charge in [0.15, 0.2) is 0 Å². The van der Waals surface area contributed by atoms with Gasteiger partial charge in [0.2, 0.25) is 0 Å². The minimum absolute atomic E-state index is 0.270. The Morgan fingerprint density at radius 2 is 1.83 bits per heavy atom. The summed E-state index contributed by atoms with van der Waals surface area (Å²) in [5.41, 5.74) is 0. The summed E-state index contributed by atoms with van der Waals surface area (Å²) in [7, 11) is 4.26. The molecule has 0 aromatic heterocycles. The number of hydrogen-bond acceptors (Lipinski definition) is 3. The van der Waals surface area contributed by atoms with Crippen LogP contribution < -0.4 is 0 Å². The van der Waals surface area contributed by atoms with Crippen molar-refractivity contribution in [3.63, 3.8) is 0 Å². The first-order valence-corrected chi connectivity index (χ1v) is 4.70. The van der Waals surface area contributed by atoms with Gasteiger partial charge >= 0.3 is 0 Å². The first-order chi connectivity index (χ1) is 5.61. The molecular weight excluding hydrogens is 152 g/mol. The Labute approximate surface area is 75.0 Å². The van der Waals surface area contributed by atoms with E-state index in [0.717, 1.165) is 13.1 Å². The number of piperidine rings is 1. The molecule has 1 unspecified atom stereocenters. The number of aliphatic hydroxyl groups is 1. The zero-order chi connectivity index (χ0) is 9.14. The Bertz CT molecular complexity index is 112. The molecule has 1 N–H and O–H groups in total. The summed E-state index contributed by atoms with van der Waals surface area (Å²) in [6.07, 6.45) is 2.09. The normalized spacial score (nSPS) is 24.8. The molecule has 0 spiro atoms. The van der Waals surface area contributed by atoms with Gasteiger partial charge < -0.3 is 10.0 Å². The molecule has 1 heterocycles. The van der Waals surface area contributed by atoms with Crippen molar-refractivity contribution in [3.8, 4) is 0 Å². The van der Waals surface area contributed by atoms with Crippen LogP contribution in [-0.2, 0) is 0 Å². The molecule has 1 saturated heterocycles. The highest BCUT2D eigenvalue weighted by Gasteiger charge is 2.22. The first kappa shape index (κ1) is 9.96. The maximum Gasteiger partial charge on any atom is 0.104 e. The molecule has 0 aliphatic carbocycles. The van der Waals surface area contributed by atoms with Crippen LogP contribution in [0, 0.1) is 0 Å². The van der Waals surface area contributed by atoms with Gasteiger partial charge in [0.25, 0.3) is 0 Å². The Morgan fingerprint density at radius 3 is 2.17 bits per heavy atom. The first-order valence-electron chi connectivity index (χ1n) is 4.70. The second-order valence-corrected chi connectivity index (χ2v) is 3.86. The Hall–Kier alpha value is -0.120. The molecule has 0 aromatic carbocycles. The minimum Gasteiger partial charge on any atom is -0.379 e. The van der Waals surface area contributed by atoms with Crippen LogP contribution in [0.1, 0.15) is 19.8 Å². The quantitative estimate of drug-likeness (QED) is 0.651. The number of aliphatic hydroxyl groups excluding tert-OH is 1. The van der Waals surface area contributed by atoms with Crippen LogP contribution in [0.4, 0.5) is 0 Å². The van der Waals surface area contributed by atoms with E-state index in [1.165, 1.54) is 12.8 Å². The highest BCUT2D eigenvalue weighted by atomic mass is 16.3. The Morgan fingerprint density at radius 1 is 1.33 bits per heavy atom. The summed E-state index contributed by atoms with van der Waals surface area (Å²) in [4.78, 5) is 4.40. The van der Waals surface area contributed by atoms with E-state index in [2.05, 4.69) is 23.9 Å². The van der Waals surface area contributed by atoms with Gasteiger partial charge in [-0.1, -0.05) is 0 Å². The van der Waals surface area contributed by atoms with Gasteiger partial charge in [0.1, 0.15) is 6.23 Å². The van der Waals surface area contributed by atoms with E-state index >= 15 is 0 Å². The lowest BCUT2D eigenvalue weighted by molar-refractivity contribution is -0.00724. The third-order valence-electron chi connectivity index (χ3n) is 2.76. The third kappa shape index (κ3) is 2.44. The fourth-order valence-corrected chi connectivity index (χ4v) is 1.78. The zero-order valence-electron chi connectivity index (χ0n) is 8.32. The maximum absolute atomic E-state index is 9.31. The van der Waals surface area contributed by atoms with Crippen molar-refractivity contribution in [2.75, 3.05) is 27.2 Å². The molecule has 1 aliphatic heterocycles. The van der Waals surface area contributed by atoms with Crippen molar-refractivity contribution in [1.82, 2.24) is 9.80 Å². The van der Waals surface area contributed by atoms with Crippen LogP contribution in [0.3, 0.4) is 0 Å². The van der Waals surface area contributed by atoms with Crippen molar-refractivity contribution in [3.05, 3.63) is 0 Å². The fraction of sp³-hybridized carbons (Fsp3) is 1.00. The Balaban J connectivity index is 2.30. The summed E-state index contributed by atoms with van der Waals surface area (Å²) in [6.45, 7) is 3.90. The van der Waals surface area contributed by atoms with E-state index in [-0.39, 0.29) is 6.23 Å². The molecule has 0 saturated carbocycles. The molecule has 3 nitrogen and oxygen atoms in total. The lowest BCUT2D eigenvalue weighted by Crippen LogP contribution is -2.45. The van der Waals surface area contributed by atoms with Crippen molar-refractivity contribution < 1.29 is 5.11 Å². The lowest BCUT2D eigenvalue weighted by Gasteiger charge is -2.36. The molecule has 3 heteroatoms. The highest BCUT2D eigenvalue weighted by Crippen LogP contribution is 2.14. The zero-order valence-corrected chi connectivity index (χ0v) is 8.32. The van der Waals surface area contributed by atoms with Gasteiger partial charge in [-0.25, -0.2) is 0 Å². The second kappa shape index (κ2) is 4.21. The molecule has 1 aliphatic rings. The SMILES string of the molecule is CC(O)N1CCC(N(C)C)CC1. The van der Waals surface area contributed by atoms with Gasteiger partial charge in [-0.15, -0.1) is 0 Å². The molecule has 0 amide bonds. The lowest BCUT2D eigenvalue weighted by atomic mass is 10.0. The average Bonchev–Trinajstić information content (AvgIpc) is 2.04. The van der Waals surface area contributed by atoms with Crippen LogP contribution in [0.25, 0.3) is 0 Å². The fourth-order valence-electron chi connectivity index (χ4n) is 1.78. The standard InChI is InChI=1S/C9H20N2O/c1-8(12)11-6-4-9(5-7-11)10(2)3/h8-9,12H,4-7H2,1-3H3. The van der Waals surface area contributed by atoms with Crippen LogP contribution >= 0.6 is 0 Å². The molecular formula is C9H20N2O. The smallest absolute Gasteiger partial charge is 0.104 e. The monoisotopic (exact) mass is 172 g/mol. The molecule has 12 heavy (non-hydrogen) atoms. The van der Waals surface area contributed by atoms with Gasteiger partial charge in [0.05, 0.1) is 0 Å². The topological polar surface area (TPSA) is 26.7 Å². The molecule has 1 atom stereocenters. The van der Waals surface area contributed by atoms with Crippen LogP contribution in [-0.4, -0.2) is 54.4 Å². The summed E-state index contributed by atoms with van der Waals surface area (Å²) >= 11 is 0. The summed E-state index contributed by atoms with van der Waals surface area (Å²) in [5, 5.41) is 9.31. The summed E-state index contributed by atoms with van der Waals surface area (Å²) < 4.78 is 0. The van der Waals surface area contributed by atoms with E-state index in [0.29, 0.717) is 6.04 Å². The molecule has 72 valence electrons. The van der Waals surface area contributed by atoms with E-state index in [1.807, 2.05) is 6.92 Å². The maximum atomic E-state index is 9.31. The minimum atomic E-state index is -0.270.